The van der Waals surface area contributed by atoms with E-state index in [9.17, 15) is 9.90 Å². The van der Waals surface area contributed by atoms with Crippen molar-refractivity contribution < 1.29 is 9.90 Å². The first kappa shape index (κ1) is 24.4. The van der Waals surface area contributed by atoms with Gasteiger partial charge < -0.3 is 10.8 Å². The summed E-state index contributed by atoms with van der Waals surface area (Å²) < 4.78 is 0.901. The molecule has 2 heterocycles. The number of aromatic nitrogens is 1. The van der Waals surface area contributed by atoms with Crippen molar-refractivity contribution in [1.29, 1.82) is 0 Å². The molecule has 1 aliphatic heterocycles. The molecule has 0 saturated carbocycles. The van der Waals surface area contributed by atoms with Crippen LogP contribution in [0.2, 0.25) is 20.1 Å². The number of fused-ring (bicyclic) bond motifs is 3. The average molecular weight is 559 g/mol. The van der Waals surface area contributed by atoms with E-state index in [1.54, 1.807) is 43.0 Å². The van der Waals surface area contributed by atoms with Crippen molar-refractivity contribution in [2.24, 2.45) is 10.7 Å². The van der Waals surface area contributed by atoms with Crippen LogP contribution in [0.5, 0.6) is 0 Å². The fourth-order valence-corrected chi connectivity index (χ4v) is 7.31. The van der Waals surface area contributed by atoms with Gasteiger partial charge in [0.05, 0.1) is 9.90 Å². The van der Waals surface area contributed by atoms with Crippen LogP contribution in [0.3, 0.4) is 0 Å². The monoisotopic (exact) mass is 557 g/mol. The summed E-state index contributed by atoms with van der Waals surface area (Å²) in [4.78, 5) is 21.2. The highest BCUT2D eigenvalue weighted by Crippen LogP contribution is 2.54. The zero-order valence-corrected chi connectivity index (χ0v) is 21.8. The van der Waals surface area contributed by atoms with Gasteiger partial charge in [0.15, 0.2) is 5.71 Å². The Balaban J connectivity index is 1.87. The van der Waals surface area contributed by atoms with Gasteiger partial charge in [-0.2, -0.15) is 0 Å². The molecule has 33 heavy (non-hydrogen) atoms. The normalized spacial score (nSPS) is 16.2. The molecule has 0 radical (unpaired) electrons. The molecule has 4 rings (SSSR count). The maximum Gasteiger partial charge on any atom is 0.355 e. The molecular formula is C22H15Cl4N3O2S2. The molecule has 0 spiro atoms. The molecule has 5 nitrogen and oxygen atoms in total. The van der Waals surface area contributed by atoms with Gasteiger partial charge in [0, 0.05) is 42.2 Å². The van der Waals surface area contributed by atoms with Gasteiger partial charge in [-0.25, -0.2) is 14.8 Å². The fourth-order valence-electron chi connectivity index (χ4n) is 3.56. The van der Waals surface area contributed by atoms with E-state index in [1.807, 2.05) is 13.0 Å². The Kier molecular flexibility index (Phi) is 7.01. The van der Waals surface area contributed by atoms with Crippen LogP contribution in [0.15, 0.2) is 45.2 Å². The zero-order chi connectivity index (χ0) is 24.0. The van der Waals surface area contributed by atoms with Crippen LogP contribution in [-0.4, -0.2) is 21.8 Å². The van der Waals surface area contributed by atoms with E-state index >= 15 is 0 Å². The molecule has 3 N–H and O–H groups in total. The summed E-state index contributed by atoms with van der Waals surface area (Å²) >= 11 is 27.8. The Hall–Kier alpha value is -1.74. The van der Waals surface area contributed by atoms with E-state index in [0.29, 0.717) is 31.3 Å². The lowest BCUT2D eigenvalue weighted by molar-refractivity contribution is -0.129. The lowest BCUT2D eigenvalue weighted by Gasteiger charge is -2.22. The predicted molar refractivity (Wildman–Crippen MR) is 140 cm³/mol. The van der Waals surface area contributed by atoms with Gasteiger partial charge in [-0.05, 0) is 55.3 Å². The molecular weight excluding hydrogens is 544 g/mol. The third-order valence-corrected chi connectivity index (χ3v) is 8.06. The number of hydrogen-bond donors (Lipinski definition) is 2. The number of allylic oxidation sites excluding steroid dienone is 1. The number of rotatable bonds is 4. The second-order valence-electron chi connectivity index (χ2n) is 7.22. The molecule has 1 aromatic heterocycles. The minimum absolute atomic E-state index is 0.0730. The van der Waals surface area contributed by atoms with Crippen molar-refractivity contribution >= 4 is 91.9 Å². The van der Waals surface area contributed by atoms with Crippen LogP contribution in [0.25, 0.3) is 16.8 Å². The number of halogens is 4. The van der Waals surface area contributed by atoms with Gasteiger partial charge in [-0.1, -0.05) is 57.7 Å². The van der Waals surface area contributed by atoms with E-state index in [2.05, 4.69) is 9.98 Å². The summed E-state index contributed by atoms with van der Waals surface area (Å²) in [5.41, 5.74) is 9.15. The summed E-state index contributed by atoms with van der Waals surface area (Å²) in [6.07, 6.45) is 0. The first-order valence-electron chi connectivity index (χ1n) is 9.47. The lowest BCUT2D eigenvalue weighted by Crippen LogP contribution is -2.18. The van der Waals surface area contributed by atoms with Crippen molar-refractivity contribution in [1.82, 2.24) is 4.98 Å². The maximum absolute atomic E-state index is 12.2. The molecule has 2 aromatic carbocycles. The Morgan fingerprint density at radius 1 is 1.09 bits per heavy atom. The Labute approximate surface area is 218 Å². The van der Waals surface area contributed by atoms with E-state index in [1.165, 1.54) is 11.3 Å². The number of benzene rings is 2. The molecule has 0 amide bonds. The molecule has 1 unspecified atom stereocenters. The second kappa shape index (κ2) is 9.49. The average Bonchev–Trinajstić information content (AvgIpc) is 3.08. The first-order chi connectivity index (χ1) is 15.5. The Morgan fingerprint density at radius 3 is 2.33 bits per heavy atom. The smallest absolute Gasteiger partial charge is 0.355 e. The van der Waals surface area contributed by atoms with Gasteiger partial charge >= 0.3 is 5.97 Å². The van der Waals surface area contributed by atoms with Crippen molar-refractivity contribution in [2.75, 3.05) is 0 Å². The summed E-state index contributed by atoms with van der Waals surface area (Å²) in [5, 5.41) is 12.1. The number of thioether (sulfide) groups is 1. The van der Waals surface area contributed by atoms with Gasteiger partial charge in [0.25, 0.3) is 0 Å². The van der Waals surface area contributed by atoms with E-state index < -0.39 is 5.97 Å². The molecule has 3 aromatic rings. The number of aliphatic carboxylic acids is 1. The van der Waals surface area contributed by atoms with Crippen LogP contribution < -0.4 is 5.73 Å². The minimum Gasteiger partial charge on any atom is -0.476 e. The second-order valence-corrected chi connectivity index (χ2v) is 11.5. The zero-order valence-electron chi connectivity index (χ0n) is 17.1. The molecule has 170 valence electrons. The van der Waals surface area contributed by atoms with E-state index in [0.717, 1.165) is 15.3 Å². The highest BCUT2D eigenvalue weighted by Gasteiger charge is 2.29. The van der Waals surface area contributed by atoms with Crippen LogP contribution >= 0.6 is 69.5 Å². The van der Waals surface area contributed by atoms with Gasteiger partial charge in [0.1, 0.15) is 0 Å². The summed E-state index contributed by atoms with van der Waals surface area (Å²) in [6.45, 7) is 3.63. The molecule has 0 aliphatic carbocycles. The van der Waals surface area contributed by atoms with Crippen LogP contribution in [0.1, 0.15) is 30.2 Å². The number of carbonyl (C=O) groups is 1. The molecule has 1 aliphatic rings. The highest BCUT2D eigenvalue weighted by atomic mass is 35.5. The SMILES string of the molecule is CC(N)=C(C(=Nc1nc2c(s1)SC(C)c1c(Cl)cc(Cl)cc1-2)C(=O)O)c1cc(Cl)cc(Cl)c1. The van der Waals surface area contributed by atoms with Crippen LogP contribution in [-0.2, 0) is 4.79 Å². The third kappa shape index (κ3) is 4.90. The highest BCUT2D eigenvalue weighted by molar-refractivity contribution is 8.01. The predicted octanol–water partition coefficient (Wildman–Crippen LogP) is 8.14. The topological polar surface area (TPSA) is 88.6 Å². The Bertz CT molecular complexity index is 1340. The molecule has 11 heteroatoms. The number of nitrogens with two attached hydrogens (primary N) is 1. The number of carboxylic acid groups (broad SMARTS) is 1. The van der Waals surface area contributed by atoms with Crippen molar-refractivity contribution in [3.8, 4) is 11.3 Å². The van der Waals surface area contributed by atoms with E-state index in [4.69, 9.17) is 52.1 Å². The largest absolute Gasteiger partial charge is 0.476 e. The summed E-state index contributed by atoms with van der Waals surface area (Å²) in [5.74, 6) is -1.26. The van der Waals surface area contributed by atoms with Crippen LogP contribution in [0.4, 0.5) is 5.13 Å². The van der Waals surface area contributed by atoms with Crippen LogP contribution in [0, 0.1) is 0 Å². The van der Waals surface area contributed by atoms with Crippen molar-refractivity contribution in [3.05, 3.63) is 67.2 Å². The molecule has 0 saturated heterocycles. The van der Waals surface area contributed by atoms with Gasteiger partial charge in [-0.3, -0.25) is 0 Å². The van der Waals surface area contributed by atoms with Gasteiger partial charge in [0.2, 0.25) is 5.13 Å². The summed E-state index contributed by atoms with van der Waals surface area (Å²) in [7, 11) is 0. The number of nitrogens with zero attached hydrogens (tertiary/aromatic N) is 2. The fraction of sp³-hybridized carbons (Fsp3) is 0.136. The van der Waals surface area contributed by atoms with Crippen molar-refractivity contribution in [3.63, 3.8) is 0 Å². The number of hydrogen-bond acceptors (Lipinski definition) is 6. The molecule has 0 fully saturated rings. The molecule has 0 bridgehead atoms. The number of carboxylic acids is 1. The number of thiazole rings is 1. The van der Waals surface area contributed by atoms with Gasteiger partial charge in [-0.15, -0.1) is 11.8 Å². The number of aliphatic imine (C=N–C) groups is 1. The first-order valence-corrected chi connectivity index (χ1v) is 12.7. The Morgan fingerprint density at radius 2 is 1.73 bits per heavy atom. The minimum atomic E-state index is -1.26. The van der Waals surface area contributed by atoms with E-state index in [-0.39, 0.29) is 27.4 Å². The summed E-state index contributed by atoms with van der Waals surface area (Å²) in [6, 6.07) is 8.24. The lowest BCUT2D eigenvalue weighted by atomic mass is 9.99. The van der Waals surface area contributed by atoms with Crippen molar-refractivity contribution in [2.45, 2.75) is 23.3 Å². The third-order valence-electron chi connectivity index (χ3n) is 4.82. The molecule has 1 atom stereocenters. The standard InChI is InChI=1S/C22H15Cl4N3O2S2/c1-8(27)16(10-3-11(23)5-12(24)4-10)19(20(30)31)29-22-28-18-14-6-13(25)7-15(26)17(14)9(2)32-21(18)33-22/h3-7,9H,27H2,1-2H3,(H,30,31). The maximum atomic E-state index is 12.2. The quantitative estimate of drug-likeness (QED) is 0.315.